The molecule has 3 fully saturated rings. The summed E-state index contributed by atoms with van der Waals surface area (Å²) in [5, 5.41) is 0. The second kappa shape index (κ2) is 7.09. The number of likely N-dealkylation sites (tertiary alicyclic amines) is 1. The van der Waals surface area contributed by atoms with Gasteiger partial charge in [-0.3, -0.25) is 4.79 Å². The van der Waals surface area contributed by atoms with Crippen LogP contribution in [0.15, 0.2) is 6.20 Å². The second-order valence-corrected chi connectivity index (χ2v) is 7.36. The van der Waals surface area contributed by atoms with Crippen molar-refractivity contribution in [3.63, 3.8) is 0 Å². The molecule has 1 aromatic rings. The molecule has 0 bridgehead atoms. The van der Waals surface area contributed by atoms with Crippen LogP contribution < -0.4 is 4.90 Å². The molecule has 4 rings (SSSR count). The van der Waals surface area contributed by atoms with Crippen molar-refractivity contribution in [2.75, 3.05) is 64.4 Å². The number of piperidine rings is 1. The number of ether oxygens (including phenoxy) is 2. The van der Waals surface area contributed by atoms with E-state index in [0.717, 1.165) is 50.7 Å². The molecule has 0 atom stereocenters. The van der Waals surface area contributed by atoms with Gasteiger partial charge in [0.2, 0.25) is 5.95 Å². The van der Waals surface area contributed by atoms with Crippen LogP contribution in [-0.2, 0) is 9.47 Å². The Morgan fingerprint density at radius 1 is 1.08 bits per heavy atom. The van der Waals surface area contributed by atoms with Crippen LogP contribution in [0.3, 0.4) is 0 Å². The van der Waals surface area contributed by atoms with Crippen LogP contribution in [0.1, 0.15) is 28.9 Å². The summed E-state index contributed by atoms with van der Waals surface area (Å²) in [7, 11) is 2.12. The molecule has 0 unspecified atom stereocenters. The zero-order valence-corrected chi connectivity index (χ0v) is 15.6. The third-order valence-corrected chi connectivity index (χ3v) is 5.61. The predicted octanol–water partition coefficient (Wildman–Crippen LogP) is 0.516. The highest BCUT2D eigenvalue weighted by Gasteiger charge is 2.41. The Balaban J connectivity index is 1.42. The first kappa shape index (κ1) is 17.6. The van der Waals surface area contributed by atoms with E-state index in [1.165, 1.54) is 0 Å². The lowest BCUT2D eigenvalue weighted by atomic mass is 10.0. The van der Waals surface area contributed by atoms with Gasteiger partial charge >= 0.3 is 0 Å². The Hall–Kier alpha value is -1.77. The van der Waals surface area contributed by atoms with Crippen molar-refractivity contribution in [3.05, 3.63) is 17.5 Å². The molecule has 1 aromatic heterocycles. The van der Waals surface area contributed by atoms with E-state index in [2.05, 4.69) is 26.8 Å². The Kier molecular flexibility index (Phi) is 4.81. The van der Waals surface area contributed by atoms with Gasteiger partial charge in [-0.05, 0) is 14.0 Å². The van der Waals surface area contributed by atoms with Gasteiger partial charge in [-0.25, -0.2) is 9.97 Å². The fourth-order valence-electron chi connectivity index (χ4n) is 3.83. The van der Waals surface area contributed by atoms with E-state index in [-0.39, 0.29) is 5.91 Å². The normalized spacial score (nSPS) is 23.6. The van der Waals surface area contributed by atoms with Crippen LogP contribution in [0.25, 0.3) is 0 Å². The zero-order valence-electron chi connectivity index (χ0n) is 15.6. The molecule has 3 aliphatic heterocycles. The summed E-state index contributed by atoms with van der Waals surface area (Å²) in [5.41, 5.74) is 1.33. The molecular weight excluding hydrogens is 334 g/mol. The lowest BCUT2D eigenvalue weighted by Gasteiger charge is -2.37. The summed E-state index contributed by atoms with van der Waals surface area (Å²) in [4.78, 5) is 28.3. The standard InChI is InChI=1S/C18H27N5O3/c1-14-15(13-19-17(20-14)23-9-7-21(2)8-10-23)16(24)22-5-3-18(4-6-22)25-11-12-26-18/h13H,3-12H2,1-2H3. The van der Waals surface area contributed by atoms with E-state index >= 15 is 0 Å². The van der Waals surface area contributed by atoms with Crippen molar-refractivity contribution >= 4 is 11.9 Å². The number of piperazine rings is 1. The summed E-state index contributed by atoms with van der Waals surface area (Å²) in [6.07, 6.45) is 3.13. The molecule has 0 aliphatic carbocycles. The number of aromatic nitrogens is 2. The molecule has 8 heteroatoms. The maximum absolute atomic E-state index is 12.9. The van der Waals surface area contributed by atoms with Crippen LogP contribution >= 0.6 is 0 Å². The smallest absolute Gasteiger partial charge is 0.257 e. The van der Waals surface area contributed by atoms with Crippen molar-refractivity contribution in [3.8, 4) is 0 Å². The molecule has 3 saturated heterocycles. The fourth-order valence-corrected chi connectivity index (χ4v) is 3.83. The molecule has 0 N–H and O–H groups in total. The van der Waals surface area contributed by atoms with Gasteiger partial charge in [-0.15, -0.1) is 0 Å². The average Bonchev–Trinajstić information content (AvgIpc) is 3.10. The number of nitrogens with zero attached hydrogens (tertiary/aromatic N) is 5. The van der Waals surface area contributed by atoms with Crippen molar-refractivity contribution in [1.82, 2.24) is 19.8 Å². The highest BCUT2D eigenvalue weighted by Crippen LogP contribution is 2.31. The maximum atomic E-state index is 12.9. The summed E-state index contributed by atoms with van der Waals surface area (Å²) in [6, 6.07) is 0. The largest absolute Gasteiger partial charge is 0.347 e. The van der Waals surface area contributed by atoms with Crippen LogP contribution in [0.2, 0.25) is 0 Å². The third-order valence-electron chi connectivity index (χ3n) is 5.61. The summed E-state index contributed by atoms with van der Waals surface area (Å²) >= 11 is 0. The minimum Gasteiger partial charge on any atom is -0.347 e. The SMILES string of the molecule is Cc1nc(N2CCN(C)CC2)ncc1C(=O)N1CCC2(CC1)OCCO2. The number of hydrogen-bond donors (Lipinski definition) is 0. The quantitative estimate of drug-likeness (QED) is 0.760. The lowest BCUT2D eigenvalue weighted by Crippen LogP contribution is -2.47. The first-order valence-electron chi connectivity index (χ1n) is 9.41. The van der Waals surface area contributed by atoms with Gasteiger partial charge in [-0.1, -0.05) is 0 Å². The fraction of sp³-hybridized carbons (Fsp3) is 0.722. The number of anilines is 1. The molecule has 0 aromatic carbocycles. The summed E-state index contributed by atoms with van der Waals surface area (Å²) in [6.45, 7) is 8.30. The van der Waals surface area contributed by atoms with Gasteiger partial charge in [0.25, 0.3) is 5.91 Å². The van der Waals surface area contributed by atoms with E-state index in [4.69, 9.17) is 9.47 Å². The molecule has 4 heterocycles. The van der Waals surface area contributed by atoms with E-state index < -0.39 is 5.79 Å². The van der Waals surface area contributed by atoms with Crippen LogP contribution in [0.4, 0.5) is 5.95 Å². The maximum Gasteiger partial charge on any atom is 0.257 e. The third kappa shape index (κ3) is 3.41. The molecule has 1 spiro atoms. The zero-order chi connectivity index (χ0) is 18.1. The number of carbonyl (C=O) groups excluding carboxylic acids is 1. The number of hydrogen-bond acceptors (Lipinski definition) is 7. The van der Waals surface area contributed by atoms with Gasteiger partial charge in [0.15, 0.2) is 5.79 Å². The number of aryl methyl sites for hydroxylation is 1. The van der Waals surface area contributed by atoms with Crippen LogP contribution in [0.5, 0.6) is 0 Å². The molecule has 1 amide bonds. The Morgan fingerprint density at radius 3 is 2.35 bits per heavy atom. The topological polar surface area (TPSA) is 71.0 Å². The summed E-state index contributed by atoms with van der Waals surface area (Å²) < 4.78 is 11.5. The highest BCUT2D eigenvalue weighted by atomic mass is 16.7. The minimum absolute atomic E-state index is 0.000254. The Labute approximate surface area is 154 Å². The van der Waals surface area contributed by atoms with E-state index in [9.17, 15) is 4.79 Å². The number of rotatable bonds is 2. The minimum atomic E-state index is -0.465. The van der Waals surface area contributed by atoms with Gasteiger partial charge in [0, 0.05) is 58.3 Å². The van der Waals surface area contributed by atoms with Crippen molar-refractivity contribution in [2.24, 2.45) is 0 Å². The van der Waals surface area contributed by atoms with E-state index in [1.54, 1.807) is 6.20 Å². The monoisotopic (exact) mass is 361 g/mol. The Bertz CT molecular complexity index is 659. The molecule has 0 saturated carbocycles. The lowest BCUT2D eigenvalue weighted by molar-refractivity contribution is -0.181. The average molecular weight is 361 g/mol. The second-order valence-electron chi connectivity index (χ2n) is 7.36. The van der Waals surface area contributed by atoms with E-state index in [0.29, 0.717) is 31.9 Å². The van der Waals surface area contributed by atoms with Gasteiger partial charge < -0.3 is 24.2 Å². The van der Waals surface area contributed by atoms with Crippen molar-refractivity contribution in [2.45, 2.75) is 25.6 Å². The molecule has 0 radical (unpaired) electrons. The number of likely N-dealkylation sites (N-methyl/N-ethyl adjacent to an activating group) is 1. The van der Waals surface area contributed by atoms with Crippen molar-refractivity contribution < 1.29 is 14.3 Å². The first-order chi connectivity index (χ1) is 12.6. The molecule has 26 heavy (non-hydrogen) atoms. The predicted molar refractivity (Wildman–Crippen MR) is 96.3 cm³/mol. The van der Waals surface area contributed by atoms with Crippen molar-refractivity contribution in [1.29, 1.82) is 0 Å². The van der Waals surface area contributed by atoms with Crippen LogP contribution in [-0.4, -0.2) is 91.0 Å². The van der Waals surface area contributed by atoms with Gasteiger partial charge in [0.05, 0.1) is 24.5 Å². The van der Waals surface area contributed by atoms with Gasteiger partial charge in [0.1, 0.15) is 0 Å². The van der Waals surface area contributed by atoms with Gasteiger partial charge in [-0.2, -0.15) is 0 Å². The molecule has 3 aliphatic rings. The number of carbonyl (C=O) groups is 1. The number of amides is 1. The van der Waals surface area contributed by atoms with Crippen LogP contribution in [0, 0.1) is 6.92 Å². The Morgan fingerprint density at radius 2 is 1.73 bits per heavy atom. The summed E-state index contributed by atoms with van der Waals surface area (Å²) in [5.74, 6) is 0.255. The molecular formula is C18H27N5O3. The molecule has 142 valence electrons. The highest BCUT2D eigenvalue weighted by molar-refractivity contribution is 5.95. The molecule has 8 nitrogen and oxygen atoms in total. The van der Waals surface area contributed by atoms with E-state index in [1.807, 2.05) is 11.8 Å². The first-order valence-corrected chi connectivity index (χ1v) is 9.41.